The molecule has 1 atom stereocenters. The highest BCUT2D eigenvalue weighted by Crippen LogP contribution is 2.23. The molecule has 0 saturated carbocycles. The van der Waals surface area contributed by atoms with Crippen molar-refractivity contribution in [3.8, 4) is 5.75 Å². The maximum absolute atomic E-state index is 11.9. The third-order valence-electron chi connectivity index (χ3n) is 3.22. The van der Waals surface area contributed by atoms with E-state index in [1.54, 1.807) is 25.1 Å². The first-order valence-electron chi connectivity index (χ1n) is 7.01. The van der Waals surface area contributed by atoms with Crippen LogP contribution in [0.2, 0.25) is 0 Å². The lowest BCUT2D eigenvalue weighted by atomic mass is 10.1. The molecule has 1 aromatic rings. The van der Waals surface area contributed by atoms with Crippen molar-refractivity contribution in [1.82, 2.24) is 0 Å². The predicted octanol–water partition coefficient (Wildman–Crippen LogP) is 2.39. The molecule has 20 heavy (non-hydrogen) atoms. The van der Waals surface area contributed by atoms with Gasteiger partial charge in [-0.25, -0.2) is 4.79 Å². The number of benzene rings is 1. The van der Waals surface area contributed by atoms with Crippen LogP contribution < -0.4 is 10.5 Å². The number of rotatable bonds is 6. The standard InChI is InChI=1S/C15H21NO4/c1-2-18-15(17)13-10-11(16)5-6-14(13)20-9-7-12-4-3-8-19-12/h5-6,10,12H,2-4,7-9,16H2,1H3. The summed E-state index contributed by atoms with van der Waals surface area (Å²) in [6.07, 6.45) is 3.29. The Morgan fingerprint density at radius 3 is 3.05 bits per heavy atom. The van der Waals surface area contributed by atoms with Crippen molar-refractivity contribution >= 4 is 11.7 Å². The second kappa shape index (κ2) is 7.14. The number of ether oxygens (including phenoxy) is 3. The zero-order valence-electron chi connectivity index (χ0n) is 11.8. The zero-order chi connectivity index (χ0) is 14.4. The molecular formula is C15H21NO4. The normalized spacial score (nSPS) is 17.9. The van der Waals surface area contributed by atoms with Crippen LogP contribution in [0, 0.1) is 0 Å². The minimum absolute atomic E-state index is 0.273. The summed E-state index contributed by atoms with van der Waals surface area (Å²) in [6, 6.07) is 5.00. The molecule has 0 aromatic heterocycles. The molecule has 0 aliphatic carbocycles. The molecule has 1 heterocycles. The summed E-state index contributed by atoms with van der Waals surface area (Å²) in [5.74, 6) is 0.0996. The molecule has 1 unspecified atom stereocenters. The number of hydrogen-bond acceptors (Lipinski definition) is 5. The highest BCUT2D eigenvalue weighted by molar-refractivity contribution is 5.93. The molecule has 110 valence electrons. The van der Waals surface area contributed by atoms with Gasteiger partial charge in [0.25, 0.3) is 0 Å². The van der Waals surface area contributed by atoms with Crippen LogP contribution in [0.5, 0.6) is 5.75 Å². The lowest BCUT2D eigenvalue weighted by molar-refractivity contribution is 0.0520. The van der Waals surface area contributed by atoms with Gasteiger partial charge in [0, 0.05) is 18.7 Å². The maximum atomic E-state index is 11.9. The van der Waals surface area contributed by atoms with Crippen molar-refractivity contribution in [2.24, 2.45) is 0 Å². The third-order valence-corrected chi connectivity index (χ3v) is 3.22. The van der Waals surface area contributed by atoms with Crippen molar-refractivity contribution in [3.05, 3.63) is 23.8 Å². The van der Waals surface area contributed by atoms with Crippen LogP contribution in [0.25, 0.3) is 0 Å². The number of esters is 1. The Bertz CT molecular complexity index is 455. The second-order valence-corrected chi connectivity index (χ2v) is 4.75. The number of hydrogen-bond donors (Lipinski definition) is 1. The highest BCUT2D eigenvalue weighted by atomic mass is 16.5. The molecule has 0 amide bonds. The number of nitrogens with two attached hydrogens (primary N) is 1. The van der Waals surface area contributed by atoms with Crippen molar-refractivity contribution < 1.29 is 19.0 Å². The average molecular weight is 279 g/mol. The van der Waals surface area contributed by atoms with Gasteiger partial charge >= 0.3 is 5.97 Å². The van der Waals surface area contributed by atoms with Gasteiger partial charge in [-0.1, -0.05) is 0 Å². The molecule has 1 aromatic carbocycles. The van der Waals surface area contributed by atoms with Gasteiger partial charge in [-0.15, -0.1) is 0 Å². The van der Waals surface area contributed by atoms with Gasteiger partial charge in [0.2, 0.25) is 0 Å². The second-order valence-electron chi connectivity index (χ2n) is 4.75. The van der Waals surface area contributed by atoms with Crippen LogP contribution in [0.1, 0.15) is 36.5 Å². The van der Waals surface area contributed by atoms with E-state index < -0.39 is 5.97 Å². The Morgan fingerprint density at radius 2 is 2.35 bits per heavy atom. The molecule has 5 heteroatoms. The van der Waals surface area contributed by atoms with Gasteiger partial charge in [0.1, 0.15) is 11.3 Å². The van der Waals surface area contributed by atoms with Crippen molar-refractivity contribution in [1.29, 1.82) is 0 Å². The number of carbonyl (C=O) groups is 1. The van der Waals surface area contributed by atoms with Crippen molar-refractivity contribution in [3.63, 3.8) is 0 Å². The third kappa shape index (κ3) is 3.87. The smallest absolute Gasteiger partial charge is 0.341 e. The van der Waals surface area contributed by atoms with E-state index in [0.717, 1.165) is 25.9 Å². The van der Waals surface area contributed by atoms with Gasteiger partial charge < -0.3 is 19.9 Å². The highest BCUT2D eigenvalue weighted by Gasteiger charge is 2.17. The molecule has 0 bridgehead atoms. The lowest BCUT2D eigenvalue weighted by Gasteiger charge is -2.13. The predicted molar refractivity (Wildman–Crippen MR) is 75.9 cm³/mol. The molecule has 1 aliphatic rings. The van der Waals surface area contributed by atoms with E-state index >= 15 is 0 Å². The van der Waals surface area contributed by atoms with E-state index in [1.807, 2.05) is 0 Å². The van der Waals surface area contributed by atoms with Crippen LogP contribution in [0.4, 0.5) is 5.69 Å². The van der Waals surface area contributed by atoms with E-state index in [1.165, 1.54) is 0 Å². The maximum Gasteiger partial charge on any atom is 0.341 e. The fraction of sp³-hybridized carbons (Fsp3) is 0.533. The first-order chi connectivity index (χ1) is 9.70. The Morgan fingerprint density at radius 1 is 1.50 bits per heavy atom. The number of carbonyl (C=O) groups excluding carboxylic acids is 1. The summed E-state index contributed by atoms with van der Waals surface area (Å²) in [5.41, 5.74) is 6.59. The lowest BCUT2D eigenvalue weighted by Crippen LogP contribution is -2.13. The SMILES string of the molecule is CCOC(=O)c1cc(N)ccc1OCCC1CCCO1. The largest absolute Gasteiger partial charge is 0.493 e. The van der Waals surface area contributed by atoms with Crippen LogP contribution in [0.15, 0.2) is 18.2 Å². The summed E-state index contributed by atoms with van der Waals surface area (Å²) in [6.45, 7) is 3.44. The molecule has 5 nitrogen and oxygen atoms in total. The van der Waals surface area contributed by atoms with E-state index in [4.69, 9.17) is 19.9 Å². The van der Waals surface area contributed by atoms with Gasteiger partial charge in [-0.2, -0.15) is 0 Å². The van der Waals surface area contributed by atoms with Crippen LogP contribution in [-0.2, 0) is 9.47 Å². The molecule has 1 fully saturated rings. The summed E-state index contributed by atoms with van der Waals surface area (Å²) in [4.78, 5) is 11.9. The summed E-state index contributed by atoms with van der Waals surface area (Å²) >= 11 is 0. The Labute approximate surface area is 119 Å². The van der Waals surface area contributed by atoms with Crippen LogP contribution in [-0.4, -0.2) is 31.9 Å². The minimum atomic E-state index is -0.410. The van der Waals surface area contributed by atoms with E-state index in [-0.39, 0.29) is 6.10 Å². The van der Waals surface area contributed by atoms with E-state index in [0.29, 0.717) is 30.2 Å². The van der Waals surface area contributed by atoms with Crippen LogP contribution in [0.3, 0.4) is 0 Å². The van der Waals surface area contributed by atoms with Crippen molar-refractivity contribution in [2.75, 3.05) is 25.6 Å². The molecular weight excluding hydrogens is 258 g/mol. The molecule has 2 rings (SSSR count). The Balaban J connectivity index is 1.96. The molecule has 2 N–H and O–H groups in total. The first kappa shape index (κ1) is 14.7. The van der Waals surface area contributed by atoms with Crippen LogP contribution >= 0.6 is 0 Å². The Kier molecular flexibility index (Phi) is 5.24. The molecule has 0 radical (unpaired) electrons. The summed E-state index contributed by atoms with van der Waals surface area (Å²) < 4.78 is 16.2. The quantitative estimate of drug-likeness (QED) is 0.639. The van der Waals surface area contributed by atoms with Crippen molar-refractivity contribution in [2.45, 2.75) is 32.3 Å². The first-order valence-corrected chi connectivity index (χ1v) is 7.01. The fourth-order valence-corrected chi connectivity index (χ4v) is 2.21. The van der Waals surface area contributed by atoms with E-state index in [9.17, 15) is 4.79 Å². The van der Waals surface area contributed by atoms with Gasteiger partial charge in [0.15, 0.2) is 0 Å². The molecule has 0 spiro atoms. The molecule has 1 aliphatic heterocycles. The van der Waals surface area contributed by atoms with Gasteiger partial charge in [0.05, 0.1) is 19.3 Å². The zero-order valence-corrected chi connectivity index (χ0v) is 11.8. The molecule has 1 saturated heterocycles. The monoisotopic (exact) mass is 279 g/mol. The summed E-state index contributed by atoms with van der Waals surface area (Å²) in [5, 5.41) is 0. The average Bonchev–Trinajstić information content (AvgIpc) is 2.94. The fourth-order valence-electron chi connectivity index (χ4n) is 2.21. The van der Waals surface area contributed by atoms with E-state index in [2.05, 4.69) is 0 Å². The topological polar surface area (TPSA) is 70.8 Å². The number of nitrogen functional groups attached to an aromatic ring is 1. The number of anilines is 1. The Hall–Kier alpha value is -1.75. The van der Waals surface area contributed by atoms with Gasteiger partial charge in [-0.3, -0.25) is 0 Å². The van der Waals surface area contributed by atoms with Gasteiger partial charge in [-0.05, 0) is 38.0 Å². The minimum Gasteiger partial charge on any atom is -0.493 e. The summed E-state index contributed by atoms with van der Waals surface area (Å²) in [7, 11) is 0.